The fourth-order valence-corrected chi connectivity index (χ4v) is 4.35. The van der Waals surface area contributed by atoms with Gasteiger partial charge in [-0.25, -0.2) is 4.39 Å². The van der Waals surface area contributed by atoms with Crippen LogP contribution in [-0.4, -0.2) is 46.6 Å². The number of rotatable bonds is 6. The van der Waals surface area contributed by atoms with E-state index in [0.717, 1.165) is 23.4 Å². The van der Waals surface area contributed by atoms with E-state index in [-0.39, 0.29) is 30.2 Å². The lowest BCUT2D eigenvalue weighted by Gasteiger charge is -2.31. The number of anilines is 1. The molecular formula is C23H23FN4O3S. The molecule has 1 saturated heterocycles. The highest BCUT2D eigenvalue weighted by Gasteiger charge is 2.28. The van der Waals surface area contributed by atoms with E-state index >= 15 is 0 Å². The minimum absolute atomic E-state index is 0.0250. The molecule has 1 aliphatic heterocycles. The number of hydrogen-bond donors (Lipinski definition) is 1. The van der Waals surface area contributed by atoms with Gasteiger partial charge in [-0.3, -0.25) is 9.59 Å². The van der Waals surface area contributed by atoms with E-state index in [9.17, 15) is 14.0 Å². The maximum atomic E-state index is 13.0. The topological polar surface area (TPSA) is 84.4 Å². The molecule has 0 saturated carbocycles. The maximum absolute atomic E-state index is 13.0. The number of aromatic nitrogens is 2. The minimum Gasteiger partial charge on any atom is -0.484 e. The molecule has 0 bridgehead atoms. The van der Waals surface area contributed by atoms with Crippen LogP contribution in [0.15, 0.2) is 48.5 Å². The van der Waals surface area contributed by atoms with Crippen LogP contribution in [0.4, 0.5) is 10.1 Å². The molecule has 1 aromatic heterocycles. The molecule has 2 amide bonds. The number of halogens is 1. The predicted molar refractivity (Wildman–Crippen MR) is 119 cm³/mol. The van der Waals surface area contributed by atoms with Gasteiger partial charge in [0.1, 0.15) is 16.6 Å². The van der Waals surface area contributed by atoms with Crippen LogP contribution < -0.4 is 10.1 Å². The van der Waals surface area contributed by atoms with Gasteiger partial charge < -0.3 is 15.0 Å². The van der Waals surface area contributed by atoms with Gasteiger partial charge >= 0.3 is 0 Å². The van der Waals surface area contributed by atoms with E-state index in [0.29, 0.717) is 29.5 Å². The second-order valence-corrected chi connectivity index (χ2v) is 8.70. The van der Waals surface area contributed by atoms with Crippen LogP contribution in [0.5, 0.6) is 5.75 Å². The van der Waals surface area contributed by atoms with Crippen molar-refractivity contribution in [2.75, 3.05) is 25.0 Å². The summed E-state index contributed by atoms with van der Waals surface area (Å²) < 4.78 is 18.5. The molecule has 0 aliphatic carbocycles. The summed E-state index contributed by atoms with van der Waals surface area (Å²) >= 11 is 1.26. The van der Waals surface area contributed by atoms with Gasteiger partial charge in [0, 0.05) is 24.7 Å². The summed E-state index contributed by atoms with van der Waals surface area (Å²) in [7, 11) is 0. The summed E-state index contributed by atoms with van der Waals surface area (Å²) in [6, 6.07) is 13.1. The summed E-state index contributed by atoms with van der Waals surface area (Å²) in [5.41, 5.74) is 1.81. The average Bonchev–Trinajstić information content (AvgIpc) is 3.31. The Morgan fingerprint density at radius 3 is 2.66 bits per heavy atom. The SMILES string of the molecule is Cc1ccc(NC(=O)c2nnc([C@H]3CCCN(C(=O)COc4ccc(F)cc4)C3)s2)cc1. The van der Waals surface area contributed by atoms with Crippen LogP contribution in [-0.2, 0) is 4.79 Å². The first-order valence-electron chi connectivity index (χ1n) is 10.4. The van der Waals surface area contributed by atoms with Crippen molar-refractivity contribution in [3.05, 3.63) is 69.9 Å². The average molecular weight is 455 g/mol. The van der Waals surface area contributed by atoms with Crippen LogP contribution in [0, 0.1) is 12.7 Å². The Kier molecular flexibility index (Phi) is 6.75. The number of aryl methyl sites for hydroxylation is 1. The Labute approximate surface area is 189 Å². The quantitative estimate of drug-likeness (QED) is 0.608. The molecule has 2 aromatic carbocycles. The first kappa shape index (κ1) is 21.9. The van der Waals surface area contributed by atoms with Crippen molar-refractivity contribution in [2.45, 2.75) is 25.7 Å². The number of ether oxygens (including phenoxy) is 1. The lowest BCUT2D eigenvalue weighted by atomic mass is 9.99. The summed E-state index contributed by atoms with van der Waals surface area (Å²) in [4.78, 5) is 26.8. The molecule has 1 fully saturated rings. The lowest BCUT2D eigenvalue weighted by Crippen LogP contribution is -2.41. The lowest BCUT2D eigenvalue weighted by molar-refractivity contribution is -0.134. The van der Waals surface area contributed by atoms with Gasteiger partial charge in [0.25, 0.3) is 11.8 Å². The van der Waals surface area contributed by atoms with Crippen molar-refractivity contribution in [3.63, 3.8) is 0 Å². The standard InChI is InChI=1S/C23H23FN4O3S/c1-15-4-8-18(9-5-15)25-21(30)23-27-26-22(32-23)16-3-2-12-28(13-16)20(29)14-31-19-10-6-17(24)7-11-19/h4-11,16H,2-3,12-14H2,1H3,(H,25,30)/t16-/m0/s1. The van der Waals surface area contributed by atoms with Crippen molar-refractivity contribution in [2.24, 2.45) is 0 Å². The van der Waals surface area contributed by atoms with Crippen LogP contribution in [0.3, 0.4) is 0 Å². The van der Waals surface area contributed by atoms with E-state index in [2.05, 4.69) is 15.5 Å². The van der Waals surface area contributed by atoms with Gasteiger partial charge in [-0.15, -0.1) is 10.2 Å². The molecule has 166 valence electrons. The first-order chi connectivity index (χ1) is 15.5. The molecule has 4 rings (SSSR count). The van der Waals surface area contributed by atoms with Crippen molar-refractivity contribution in [3.8, 4) is 5.75 Å². The van der Waals surface area contributed by atoms with Crippen LogP contribution in [0.25, 0.3) is 0 Å². The minimum atomic E-state index is -0.355. The molecule has 0 radical (unpaired) electrons. The molecule has 1 atom stereocenters. The molecule has 1 N–H and O–H groups in total. The monoisotopic (exact) mass is 454 g/mol. The number of amides is 2. The van der Waals surface area contributed by atoms with Gasteiger partial charge in [0.2, 0.25) is 5.01 Å². The van der Waals surface area contributed by atoms with Crippen LogP contribution in [0.2, 0.25) is 0 Å². The van der Waals surface area contributed by atoms with Crippen LogP contribution >= 0.6 is 11.3 Å². The Morgan fingerprint density at radius 1 is 1.16 bits per heavy atom. The number of carbonyl (C=O) groups is 2. The predicted octanol–water partition coefficient (Wildman–Crippen LogP) is 4.02. The third-order valence-corrected chi connectivity index (χ3v) is 6.33. The Bertz CT molecular complexity index is 1090. The van der Waals surface area contributed by atoms with E-state index < -0.39 is 0 Å². The van der Waals surface area contributed by atoms with Gasteiger partial charge in [-0.2, -0.15) is 0 Å². The first-order valence-corrected chi connectivity index (χ1v) is 11.2. The van der Waals surface area contributed by atoms with E-state index in [4.69, 9.17) is 4.74 Å². The third kappa shape index (κ3) is 5.47. The zero-order chi connectivity index (χ0) is 22.5. The molecular weight excluding hydrogens is 431 g/mol. The molecule has 7 nitrogen and oxygen atoms in total. The summed E-state index contributed by atoms with van der Waals surface area (Å²) in [6.07, 6.45) is 1.70. The van der Waals surface area contributed by atoms with Gasteiger partial charge in [0.15, 0.2) is 6.61 Å². The normalized spacial score (nSPS) is 15.9. The van der Waals surface area contributed by atoms with Gasteiger partial charge in [0.05, 0.1) is 0 Å². The number of nitrogens with zero attached hydrogens (tertiary/aromatic N) is 3. The smallest absolute Gasteiger partial charge is 0.286 e. The highest BCUT2D eigenvalue weighted by atomic mass is 32.1. The number of hydrogen-bond acceptors (Lipinski definition) is 6. The third-order valence-electron chi connectivity index (χ3n) is 5.24. The number of piperidine rings is 1. The highest BCUT2D eigenvalue weighted by Crippen LogP contribution is 2.29. The molecule has 9 heteroatoms. The maximum Gasteiger partial charge on any atom is 0.286 e. The fraction of sp³-hybridized carbons (Fsp3) is 0.304. The zero-order valence-electron chi connectivity index (χ0n) is 17.6. The largest absolute Gasteiger partial charge is 0.484 e. The molecule has 32 heavy (non-hydrogen) atoms. The number of benzene rings is 2. The Balaban J connectivity index is 1.33. The number of carbonyl (C=O) groups excluding carboxylic acids is 2. The van der Waals surface area contributed by atoms with Gasteiger partial charge in [-0.05, 0) is 56.2 Å². The van der Waals surface area contributed by atoms with E-state index in [1.165, 1.54) is 35.6 Å². The van der Waals surface area contributed by atoms with Crippen molar-refractivity contribution in [1.29, 1.82) is 0 Å². The highest BCUT2D eigenvalue weighted by molar-refractivity contribution is 7.13. The van der Waals surface area contributed by atoms with Crippen molar-refractivity contribution in [1.82, 2.24) is 15.1 Å². The van der Waals surface area contributed by atoms with Crippen LogP contribution in [0.1, 0.15) is 39.1 Å². The summed E-state index contributed by atoms with van der Waals surface area (Å²) in [5, 5.41) is 12.1. The van der Waals surface area contributed by atoms with E-state index in [1.807, 2.05) is 31.2 Å². The Morgan fingerprint density at radius 2 is 1.91 bits per heavy atom. The van der Waals surface area contributed by atoms with Crippen molar-refractivity contribution >= 4 is 28.8 Å². The number of likely N-dealkylation sites (tertiary alicyclic amines) is 1. The molecule has 3 aromatic rings. The second-order valence-electron chi connectivity index (χ2n) is 7.69. The van der Waals surface area contributed by atoms with E-state index in [1.54, 1.807) is 4.90 Å². The molecule has 0 spiro atoms. The zero-order valence-corrected chi connectivity index (χ0v) is 18.4. The summed E-state index contributed by atoms with van der Waals surface area (Å²) in [6.45, 7) is 3.01. The molecule has 2 heterocycles. The summed E-state index contributed by atoms with van der Waals surface area (Å²) in [5.74, 6) is -0.319. The van der Waals surface area contributed by atoms with Crippen molar-refractivity contribution < 1.29 is 18.7 Å². The Hall–Kier alpha value is -3.33. The second kappa shape index (κ2) is 9.86. The molecule has 1 aliphatic rings. The van der Waals surface area contributed by atoms with Gasteiger partial charge in [-0.1, -0.05) is 29.0 Å². The fourth-order valence-electron chi connectivity index (χ4n) is 3.49. The number of nitrogens with one attached hydrogen (secondary N) is 1. The molecule has 0 unspecified atom stereocenters.